The maximum absolute atomic E-state index is 13.1. The van der Waals surface area contributed by atoms with Crippen LogP contribution in [0.1, 0.15) is 56.2 Å². The van der Waals surface area contributed by atoms with Crippen LogP contribution in [0.4, 0.5) is 4.79 Å². The maximum atomic E-state index is 13.1. The van der Waals surface area contributed by atoms with Crippen LogP contribution in [0.3, 0.4) is 0 Å². The van der Waals surface area contributed by atoms with Gasteiger partial charge in [0.05, 0.1) is 28.0 Å². The monoisotopic (exact) mass is 477 g/mol. The number of hydrogen-bond acceptors (Lipinski definition) is 4. The van der Waals surface area contributed by atoms with Crippen LogP contribution in [0.5, 0.6) is 0 Å². The second-order valence-electron chi connectivity index (χ2n) is 8.74. The van der Waals surface area contributed by atoms with Gasteiger partial charge in [0.15, 0.2) is 0 Å². The molecule has 0 radical (unpaired) electrons. The Balaban J connectivity index is 1.81. The standard InChI is InChI=1S/C24H33Cl2N5O/c1-5-28-15-21(27-2)19-9-8-18(22(25)23(19)26)20(14-16-6-7-16)29-24(32)31(4)17-10-12-30(3)13-11-17/h5,8-9,15-17,20H,2,6-7,10-14H2,1,3-4H3,(H,29,32)/b21-15-,28-5-. The van der Waals surface area contributed by atoms with Crippen LogP contribution in [-0.4, -0.2) is 62.0 Å². The summed E-state index contributed by atoms with van der Waals surface area (Å²) < 4.78 is 0. The summed E-state index contributed by atoms with van der Waals surface area (Å²) in [5.41, 5.74) is 2.05. The molecule has 174 valence electrons. The molecule has 1 heterocycles. The van der Waals surface area contributed by atoms with Gasteiger partial charge in [-0.25, -0.2) is 4.79 Å². The van der Waals surface area contributed by atoms with E-state index in [0.717, 1.165) is 37.9 Å². The largest absolute Gasteiger partial charge is 0.331 e. The third-order valence-corrected chi connectivity index (χ3v) is 7.30. The smallest absolute Gasteiger partial charge is 0.317 e. The van der Waals surface area contributed by atoms with E-state index in [0.29, 0.717) is 27.2 Å². The first kappa shape index (κ1) is 24.7. The minimum Gasteiger partial charge on any atom is -0.331 e. The second kappa shape index (κ2) is 11.3. The first-order valence-electron chi connectivity index (χ1n) is 11.2. The van der Waals surface area contributed by atoms with Crippen molar-refractivity contribution in [2.45, 2.75) is 51.1 Å². The number of nitrogens with one attached hydrogen (secondary N) is 1. The summed E-state index contributed by atoms with van der Waals surface area (Å²) in [5, 5.41) is 4.07. The third-order valence-electron chi connectivity index (χ3n) is 6.40. The molecule has 1 N–H and O–H groups in total. The van der Waals surface area contributed by atoms with Crippen LogP contribution in [-0.2, 0) is 0 Å². The Hall–Kier alpha value is -1.89. The summed E-state index contributed by atoms with van der Waals surface area (Å²) in [6.45, 7) is 7.45. The molecule has 1 atom stereocenters. The van der Waals surface area contributed by atoms with E-state index in [1.807, 2.05) is 31.0 Å². The molecule has 3 rings (SSSR count). The number of likely N-dealkylation sites (tertiary alicyclic amines) is 1. The van der Waals surface area contributed by atoms with E-state index < -0.39 is 0 Å². The van der Waals surface area contributed by atoms with E-state index >= 15 is 0 Å². The van der Waals surface area contributed by atoms with Crippen LogP contribution in [0.15, 0.2) is 28.3 Å². The number of benzene rings is 1. The lowest BCUT2D eigenvalue weighted by Crippen LogP contribution is -2.48. The number of piperidine rings is 1. The lowest BCUT2D eigenvalue weighted by molar-refractivity contribution is 0.145. The predicted octanol–water partition coefficient (Wildman–Crippen LogP) is 5.66. The Bertz CT molecular complexity index is 889. The zero-order valence-electron chi connectivity index (χ0n) is 19.2. The Kier molecular flexibility index (Phi) is 8.74. The first-order chi connectivity index (χ1) is 15.3. The van der Waals surface area contributed by atoms with Gasteiger partial charge in [-0.15, -0.1) is 0 Å². The average molecular weight is 478 g/mol. The van der Waals surface area contributed by atoms with E-state index in [2.05, 4.69) is 34.0 Å². The summed E-state index contributed by atoms with van der Waals surface area (Å²) in [4.78, 5) is 25.4. The van der Waals surface area contributed by atoms with Gasteiger partial charge in [0.2, 0.25) is 0 Å². The van der Waals surface area contributed by atoms with Crippen LogP contribution in [0.25, 0.3) is 5.70 Å². The molecule has 6 nitrogen and oxygen atoms in total. The molecular formula is C24H33Cl2N5O. The number of carbonyl (C=O) groups is 1. The highest BCUT2D eigenvalue weighted by Crippen LogP contribution is 2.42. The van der Waals surface area contributed by atoms with Gasteiger partial charge in [-0.3, -0.25) is 9.98 Å². The summed E-state index contributed by atoms with van der Waals surface area (Å²) in [7, 11) is 4.01. The van der Waals surface area contributed by atoms with Crippen molar-refractivity contribution < 1.29 is 4.79 Å². The molecule has 1 aliphatic carbocycles. The molecule has 1 unspecified atom stereocenters. The molecule has 1 aromatic carbocycles. The minimum atomic E-state index is -0.194. The zero-order valence-corrected chi connectivity index (χ0v) is 20.7. The molecular weight excluding hydrogens is 445 g/mol. The van der Waals surface area contributed by atoms with Gasteiger partial charge in [-0.05, 0) is 64.5 Å². The Morgan fingerprint density at radius 1 is 1.28 bits per heavy atom. The topological polar surface area (TPSA) is 60.3 Å². The van der Waals surface area contributed by atoms with E-state index in [9.17, 15) is 4.79 Å². The molecule has 2 aliphatic rings. The third kappa shape index (κ3) is 6.12. The Labute approximate surface area is 201 Å². The molecule has 0 bridgehead atoms. The zero-order chi connectivity index (χ0) is 23.3. The van der Waals surface area contributed by atoms with E-state index in [1.165, 1.54) is 12.8 Å². The highest BCUT2D eigenvalue weighted by Gasteiger charge is 2.31. The summed E-state index contributed by atoms with van der Waals surface area (Å²) >= 11 is 13.4. The van der Waals surface area contributed by atoms with Gasteiger partial charge < -0.3 is 15.1 Å². The van der Waals surface area contributed by atoms with Gasteiger partial charge in [0.25, 0.3) is 0 Å². The Morgan fingerprint density at radius 2 is 1.97 bits per heavy atom. The number of halogens is 2. The van der Waals surface area contributed by atoms with E-state index in [4.69, 9.17) is 23.2 Å². The molecule has 1 saturated heterocycles. The van der Waals surface area contributed by atoms with Gasteiger partial charge in [-0.1, -0.05) is 48.2 Å². The fourth-order valence-corrected chi connectivity index (χ4v) is 4.69. The fraction of sp³-hybridized carbons (Fsp3) is 0.542. The van der Waals surface area contributed by atoms with Gasteiger partial charge >= 0.3 is 6.03 Å². The van der Waals surface area contributed by atoms with Crippen molar-refractivity contribution in [2.24, 2.45) is 15.9 Å². The SMILES string of the molecule is C=N/C(=C\N=C/C)c1ccc(C(CC2CC2)NC(=O)N(C)C2CCN(C)CC2)c(Cl)c1Cl. The lowest BCUT2D eigenvalue weighted by atomic mass is 9.98. The highest BCUT2D eigenvalue weighted by atomic mass is 35.5. The van der Waals surface area contributed by atoms with E-state index in [-0.39, 0.29) is 18.1 Å². The van der Waals surface area contributed by atoms with Crippen molar-refractivity contribution in [2.75, 3.05) is 27.2 Å². The van der Waals surface area contributed by atoms with Crippen LogP contribution in [0.2, 0.25) is 10.0 Å². The molecule has 1 aliphatic heterocycles. The van der Waals surface area contributed by atoms with Crippen LogP contribution >= 0.6 is 23.2 Å². The first-order valence-corrected chi connectivity index (χ1v) is 12.0. The fourth-order valence-electron chi connectivity index (χ4n) is 4.12. The molecule has 32 heavy (non-hydrogen) atoms. The van der Waals surface area contributed by atoms with Gasteiger partial charge in [-0.2, -0.15) is 0 Å². The normalized spacial score (nSPS) is 19.2. The van der Waals surface area contributed by atoms with Crippen molar-refractivity contribution >= 4 is 47.9 Å². The summed E-state index contributed by atoms with van der Waals surface area (Å²) in [6, 6.07) is 3.80. The molecule has 0 spiro atoms. The molecule has 2 amide bonds. The molecule has 1 saturated carbocycles. The van der Waals surface area contributed by atoms with Crippen LogP contribution in [0, 0.1) is 5.92 Å². The number of amides is 2. The van der Waals surface area contributed by atoms with Crippen molar-refractivity contribution in [3.63, 3.8) is 0 Å². The van der Waals surface area contributed by atoms with E-state index in [1.54, 1.807) is 12.4 Å². The average Bonchev–Trinajstić information content (AvgIpc) is 3.60. The van der Waals surface area contributed by atoms with Crippen molar-refractivity contribution in [1.82, 2.24) is 15.1 Å². The maximum Gasteiger partial charge on any atom is 0.317 e. The number of urea groups is 1. The second-order valence-corrected chi connectivity index (χ2v) is 9.49. The van der Waals surface area contributed by atoms with Crippen molar-refractivity contribution in [3.05, 3.63) is 39.5 Å². The quantitative estimate of drug-likeness (QED) is 0.490. The highest BCUT2D eigenvalue weighted by molar-refractivity contribution is 6.43. The summed E-state index contributed by atoms with van der Waals surface area (Å²) in [5.74, 6) is 0.604. The molecule has 8 heteroatoms. The van der Waals surface area contributed by atoms with Crippen LogP contribution < -0.4 is 5.32 Å². The van der Waals surface area contributed by atoms with Gasteiger partial charge in [0.1, 0.15) is 0 Å². The number of hydrogen-bond donors (Lipinski definition) is 1. The predicted molar refractivity (Wildman–Crippen MR) is 135 cm³/mol. The number of rotatable bonds is 8. The molecule has 2 fully saturated rings. The number of carbonyl (C=O) groups excluding carboxylic acids is 1. The minimum absolute atomic E-state index is 0.0629. The molecule has 1 aromatic rings. The lowest BCUT2D eigenvalue weighted by Gasteiger charge is -2.36. The number of nitrogens with zero attached hydrogens (tertiary/aromatic N) is 4. The number of aliphatic imine (C=N–C) groups is 2. The van der Waals surface area contributed by atoms with Crippen molar-refractivity contribution in [3.8, 4) is 0 Å². The van der Waals surface area contributed by atoms with Crippen molar-refractivity contribution in [1.29, 1.82) is 0 Å². The Morgan fingerprint density at radius 3 is 2.56 bits per heavy atom. The molecule has 0 aromatic heterocycles. The van der Waals surface area contributed by atoms with Gasteiger partial charge in [0, 0.05) is 24.9 Å². The summed E-state index contributed by atoms with van der Waals surface area (Å²) in [6.07, 6.45) is 8.45.